The lowest BCUT2D eigenvalue weighted by Crippen LogP contribution is -2.56. The zero-order chi connectivity index (χ0) is 14.4. The molecule has 7 heteroatoms. The summed E-state index contributed by atoms with van der Waals surface area (Å²) in [6, 6.07) is 0.0395. The summed E-state index contributed by atoms with van der Waals surface area (Å²) in [6.45, 7) is 4.97. The fraction of sp³-hybridized carbons (Fsp3) is 0.909. The maximum atomic E-state index is 11.9. The van der Waals surface area contributed by atoms with Gasteiger partial charge in [0, 0.05) is 12.6 Å². The number of nitrogens with one attached hydrogen (secondary N) is 1. The molecule has 1 unspecified atom stereocenters. The SMILES string of the molecule is CC(C)NC(C)(CCOCCC(F)(F)F)C(N)=O. The number of nitrogens with two attached hydrogens (primary N) is 1. The van der Waals surface area contributed by atoms with Crippen LogP contribution in [-0.2, 0) is 9.53 Å². The summed E-state index contributed by atoms with van der Waals surface area (Å²) in [6.07, 6.45) is -4.97. The Hall–Kier alpha value is -0.820. The topological polar surface area (TPSA) is 64.3 Å². The van der Waals surface area contributed by atoms with Crippen molar-refractivity contribution in [2.45, 2.75) is 51.4 Å². The Morgan fingerprint density at radius 3 is 2.17 bits per heavy atom. The summed E-state index contributed by atoms with van der Waals surface area (Å²) in [5.74, 6) is -0.546. The molecule has 0 aromatic carbocycles. The van der Waals surface area contributed by atoms with Crippen LogP contribution in [-0.4, -0.2) is 36.9 Å². The number of ether oxygens (including phenoxy) is 1. The van der Waals surface area contributed by atoms with Crippen molar-refractivity contribution in [1.29, 1.82) is 0 Å². The van der Waals surface area contributed by atoms with E-state index in [-0.39, 0.29) is 19.1 Å². The van der Waals surface area contributed by atoms with Crippen molar-refractivity contribution in [3.8, 4) is 0 Å². The lowest BCUT2D eigenvalue weighted by Gasteiger charge is -2.29. The first kappa shape index (κ1) is 17.2. The number of alkyl halides is 3. The highest BCUT2D eigenvalue weighted by Gasteiger charge is 2.31. The quantitative estimate of drug-likeness (QED) is 0.658. The Bertz CT molecular complexity index is 270. The third kappa shape index (κ3) is 7.50. The van der Waals surface area contributed by atoms with E-state index in [2.05, 4.69) is 5.32 Å². The highest BCUT2D eigenvalue weighted by molar-refractivity contribution is 5.84. The van der Waals surface area contributed by atoms with Gasteiger partial charge in [0.15, 0.2) is 0 Å². The van der Waals surface area contributed by atoms with E-state index in [0.717, 1.165) is 0 Å². The fourth-order valence-corrected chi connectivity index (χ4v) is 1.47. The van der Waals surface area contributed by atoms with Crippen LogP contribution in [0.5, 0.6) is 0 Å². The van der Waals surface area contributed by atoms with Gasteiger partial charge in [-0.2, -0.15) is 13.2 Å². The summed E-state index contributed by atoms with van der Waals surface area (Å²) in [5.41, 5.74) is 4.30. The minimum absolute atomic E-state index is 0.0395. The van der Waals surface area contributed by atoms with Crippen LogP contribution < -0.4 is 11.1 Å². The summed E-state index contributed by atoms with van der Waals surface area (Å²) < 4.78 is 40.4. The second-order valence-corrected chi connectivity index (χ2v) is 4.72. The highest BCUT2D eigenvalue weighted by atomic mass is 19.4. The molecule has 3 N–H and O–H groups in total. The van der Waals surface area contributed by atoms with Gasteiger partial charge >= 0.3 is 6.18 Å². The summed E-state index contributed by atoms with van der Waals surface area (Å²) in [7, 11) is 0. The van der Waals surface area contributed by atoms with E-state index in [0.29, 0.717) is 0 Å². The molecule has 0 spiro atoms. The molecular formula is C11H21F3N2O2. The van der Waals surface area contributed by atoms with Gasteiger partial charge in [0.1, 0.15) is 0 Å². The number of primary amides is 1. The molecule has 0 saturated carbocycles. The van der Waals surface area contributed by atoms with Gasteiger partial charge in [-0.05, 0) is 27.2 Å². The molecule has 0 aliphatic heterocycles. The number of amides is 1. The molecule has 0 heterocycles. The van der Waals surface area contributed by atoms with Crippen LogP contribution in [0.3, 0.4) is 0 Å². The van der Waals surface area contributed by atoms with Gasteiger partial charge in [-0.1, -0.05) is 0 Å². The van der Waals surface area contributed by atoms with Gasteiger partial charge in [-0.15, -0.1) is 0 Å². The van der Waals surface area contributed by atoms with E-state index in [1.54, 1.807) is 6.92 Å². The first-order valence-corrected chi connectivity index (χ1v) is 5.79. The third-order valence-corrected chi connectivity index (χ3v) is 2.43. The minimum Gasteiger partial charge on any atom is -0.381 e. The molecule has 108 valence electrons. The van der Waals surface area contributed by atoms with E-state index < -0.39 is 30.7 Å². The lowest BCUT2D eigenvalue weighted by molar-refractivity contribution is -0.146. The van der Waals surface area contributed by atoms with E-state index in [4.69, 9.17) is 10.5 Å². The average molecular weight is 270 g/mol. The molecule has 1 atom stereocenters. The van der Waals surface area contributed by atoms with Crippen LogP contribution >= 0.6 is 0 Å². The Morgan fingerprint density at radius 2 is 1.78 bits per heavy atom. The standard InChI is InChI=1S/C11H21F3N2O2/c1-8(2)16-10(3,9(15)17)4-6-18-7-5-11(12,13)14/h8,16H,4-7H2,1-3H3,(H2,15,17). The van der Waals surface area contributed by atoms with Crippen molar-refractivity contribution in [2.75, 3.05) is 13.2 Å². The van der Waals surface area contributed by atoms with Crippen LogP contribution in [0.4, 0.5) is 13.2 Å². The smallest absolute Gasteiger partial charge is 0.381 e. The van der Waals surface area contributed by atoms with E-state index >= 15 is 0 Å². The average Bonchev–Trinajstić information content (AvgIpc) is 2.13. The molecule has 0 aliphatic rings. The highest BCUT2D eigenvalue weighted by Crippen LogP contribution is 2.19. The Kier molecular flexibility index (Phi) is 6.62. The molecule has 0 fully saturated rings. The number of carbonyl (C=O) groups excluding carboxylic acids is 1. The van der Waals surface area contributed by atoms with Gasteiger partial charge in [-0.25, -0.2) is 0 Å². The molecule has 0 bridgehead atoms. The third-order valence-electron chi connectivity index (χ3n) is 2.43. The number of hydrogen-bond donors (Lipinski definition) is 2. The molecule has 0 saturated heterocycles. The van der Waals surface area contributed by atoms with Crippen molar-refractivity contribution in [3.05, 3.63) is 0 Å². The molecule has 1 amide bonds. The zero-order valence-corrected chi connectivity index (χ0v) is 10.9. The Morgan fingerprint density at radius 1 is 1.28 bits per heavy atom. The number of carbonyl (C=O) groups is 1. The van der Waals surface area contributed by atoms with E-state index in [9.17, 15) is 18.0 Å². The number of hydrogen-bond acceptors (Lipinski definition) is 3. The molecule has 0 aromatic heterocycles. The number of rotatable bonds is 8. The summed E-state index contributed by atoms with van der Waals surface area (Å²) in [5, 5.41) is 2.99. The molecule has 18 heavy (non-hydrogen) atoms. The van der Waals surface area contributed by atoms with E-state index in [1.807, 2.05) is 13.8 Å². The normalized spacial score (nSPS) is 15.7. The number of halogens is 3. The predicted octanol–water partition coefficient (Wildman–Crippen LogP) is 1.59. The van der Waals surface area contributed by atoms with Crippen LogP contribution in [0.15, 0.2) is 0 Å². The van der Waals surface area contributed by atoms with Crippen molar-refractivity contribution in [1.82, 2.24) is 5.32 Å². The van der Waals surface area contributed by atoms with Crippen molar-refractivity contribution in [3.63, 3.8) is 0 Å². The molecule has 0 aliphatic carbocycles. The van der Waals surface area contributed by atoms with Crippen molar-refractivity contribution in [2.24, 2.45) is 5.73 Å². The second-order valence-electron chi connectivity index (χ2n) is 4.72. The van der Waals surface area contributed by atoms with E-state index in [1.165, 1.54) is 0 Å². The first-order chi connectivity index (χ1) is 8.07. The largest absolute Gasteiger partial charge is 0.391 e. The van der Waals surface area contributed by atoms with Gasteiger partial charge in [0.2, 0.25) is 5.91 Å². The molecule has 0 rings (SSSR count). The van der Waals surface area contributed by atoms with Crippen molar-refractivity contribution < 1.29 is 22.7 Å². The maximum Gasteiger partial charge on any atom is 0.391 e. The summed E-state index contributed by atoms with van der Waals surface area (Å²) >= 11 is 0. The molecule has 4 nitrogen and oxygen atoms in total. The first-order valence-electron chi connectivity index (χ1n) is 5.79. The van der Waals surface area contributed by atoms with Crippen LogP contribution in [0.1, 0.15) is 33.6 Å². The van der Waals surface area contributed by atoms with Gasteiger partial charge < -0.3 is 15.8 Å². The summed E-state index contributed by atoms with van der Waals surface area (Å²) in [4.78, 5) is 11.3. The minimum atomic E-state index is -4.22. The van der Waals surface area contributed by atoms with Gasteiger partial charge in [0.25, 0.3) is 0 Å². The molecule has 0 aromatic rings. The predicted molar refractivity (Wildman–Crippen MR) is 62.0 cm³/mol. The van der Waals surface area contributed by atoms with Gasteiger partial charge in [0.05, 0.1) is 18.6 Å². The van der Waals surface area contributed by atoms with Gasteiger partial charge in [-0.3, -0.25) is 4.79 Å². The van der Waals surface area contributed by atoms with Crippen LogP contribution in [0, 0.1) is 0 Å². The zero-order valence-electron chi connectivity index (χ0n) is 10.9. The Balaban J connectivity index is 4.03. The molecule has 0 radical (unpaired) electrons. The van der Waals surface area contributed by atoms with Crippen molar-refractivity contribution >= 4 is 5.91 Å². The Labute approximate surface area is 105 Å². The molecular weight excluding hydrogens is 249 g/mol. The lowest BCUT2D eigenvalue weighted by atomic mass is 9.96. The second kappa shape index (κ2) is 6.94. The van der Waals surface area contributed by atoms with Crippen LogP contribution in [0.25, 0.3) is 0 Å². The van der Waals surface area contributed by atoms with Crippen LogP contribution in [0.2, 0.25) is 0 Å². The monoisotopic (exact) mass is 270 g/mol. The fourth-order valence-electron chi connectivity index (χ4n) is 1.47. The maximum absolute atomic E-state index is 11.9.